The number of aryl methyl sites for hydroxylation is 1. The third-order valence-corrected chi connectivity index (χ3v) is 4.39. The van der Waals surface area contributed by atoms with Gasteiger partial charge in [-0.05, 0) is 49.3 Å². The summed E-state index contributed by atoms with van der Waals surface area (Å²) in [5.41, 5.74) is -0.575. The highest BCUT2D eigenvalue weighted by atomic mass is 79.9. The van der Waals surface area contributed by atoms with Gasteiger partial charge in [0.15, 0.2) is 0 Å². The van der Waals surface area contributed by atoms with Crippen LogP contribution in [0.15, 0.2) is 18.2 Å². The van der Waals surface area contributed by atoms with Crippen molar-refractivity contribution in [1.29, 1.82) is 0 Å². The maximum Gasteiger partial charge on any atom is 0.419 e. The summed E-state index contributed by atoms with van der Waals surface area (Å²) in [6, 6.07) is 3.18. The topological polar surface area (TPSA) is 0 Å². The monoisotopic (exact) mass is 324 g/mol. The van der Waals surface area contributed by atoms with E-state index >= 15 is 0 Å². The Morgan fingerprint density at radius 1 is 1.28 bits per heavy atom. The molecule has 1 unspecified atom stereocenters. The molecule has 5 heteroatoms. The molecule has 1 atom stereocenters. The molecule has 1 aliphatic carbocycles. The Morgan fingerprint density at radius 2 is 1.94 bits per heavy atom. The van der Waals surface area contributed by atoms with Crippen molar-refractivity contribution in [3.63, 3.8) is 0 Å². The third-order valence-electron chi connectivity index (χ3n) is 3.18. The number of benzene rings is 1. The highest BCUT2D eigenvalue weighted by molar-refractivity contribution is 9.09. The first-order valence-corrected chi connectivity index (χ1v) is 6.79. The molecular formula is C13H13BrF4. The first-order chi connectivity index (χ1) is 8.38. The van der Waals surface area contributed by atoms with Gasteiger partial charge in [0.25, 0.3) is 0 Å². The van der Waals surface area contributed by atoms with Crippen molar-refractivity contribution in [3.05, 3.63) is 35.1 Å². The van der Waals surface area contributed by atoms with Crippen molar-refractivity contribution in [2.45, 2.75) is 36.7 Å². The minimum Gasteiger partial charge on any atom is -0.206 e. The first-order valence-electron chi connectivity index (χ1n) is 5.87. The molecule has 0 nitrogen and oxygen atoms in total. The molecule has 1 aromatic rings. The summed E-state index contributed by atoms with van der Waals surface area (Å²) in [6.07, 6.45) is -0.778. The molecule has 0 bridgehead atoms. The molecule has 0 saturated heterocycles. The second-order valence-corrected chi connectivity index (χ2v) is 5.88. The summed E-state index contributed by atoms with van der Waals surface area (Å²) in [6.45, 7) is 0. The molecule has 0 N–H and O–H groups in total. The lowest BCUT2D eigenvalue weighted by Crippen LogP contribution is -2.09. The van der Waals surface area contributed by atoms with Crippen LogP contribution in [0.1, 0.15) is 30.4 Å². The van der Waals surface area contributed by atoms with E-state index in [2.05, 4.69) is 15.9 Å². The van der Waals surface area contributed by atoms with Crippen LogP contribution in [0.4, 0.5) is 17.6 Å². The predicted octanol–water partition coefficient (Wildman–Crippen LogP) is 4.95. The molecule has 0 aliphatic heterocycles. The summed E-state index contributed by atoms with van der Waals surface area (Å²) in [5, 5.41) is 0. The van der Waals surface area contributed by atoms with Gasteiger partial charge < -0.3 is 0 Å². The SMILES string of the molecule is Fc1cc(CCC(Br)C2CC2)ccc1C(F)(F)F. The van der Waals surface area contributed by atoms with Gasteiger partial charge >= 0.3 is 6.18 Å². The quantitative estimate of drug-likeness (QED) is 0.543. The molecule has 1 aromatic carbocycles. The number of hydrogen-bond donors (Lipinski definition) is 0. The molecule has 0 amide bonds. The lowest BCUT2D eigenvalue weighted by atomic mass is 10.0. The fourth-order valence-electron chi connectivity index (χ4n) is 1.94. The van der Waals surface area contributed by atoms with Crippen LogP contribution >= 0.6 is 15.9 Å². The highest BCUT2D eigenvalue weighted by Crippen LogP contribution is 2.39. The van der Waals surface area contributed by atoms with E-state index in [0.717, 1.165) is 18.6 Å². The van der Waals surface area contributed by atoms with Gasteiger partial charge in [0.1, 0.15) is 5.82 Å². The predicted molar refractivity (Wildman–Crippen MR) is 65.2 cm³/mol. The van der Waals surface area contributed by atoms with Crippen molar-refractivity contribution in [3.8, 4) is 0 Å². The lowest BCUT2D eigenvalue weighted by Gasteiger charge is -2.11. The van der Waals surface area contributed by atoms with Crippen molar-refractivity contribution in [2.75, 3.05) is 0 Å². The van der Waals surface area contributed by atoms with Crippen molar-refractivity contribution in [1.82, 2.24) is 0 Å². The first kappa shape index (κ1) is 13.8. The second-order valence-electron chi connectivity index (χ2n) is 4.70. The lowest BCUT2D eigenvalue weighted by molar-refractivity contribution is -0.140. The zero-order chi connectivity index (χ0) is 13.3. The van der Waals surface area contributed by atoms with Crippen LogP contribution in [0.3, 0.4) is 0 Å². The van der Waals surface area contributed by atoms with E-state index < -0.39 is 17.6 Å². The molecule has 0 radical (unpaired) electrons. The van der Waals surface area contributed by atoms with Crippen LogP contribution in [0.5, 0.6) is 0 Å². The van der Waals surface area contributed by atoms with Crippen LogP contribution in [0.25, 0.3) is 0 Å². The molecule has 1 aliphatic rings. The molecule has 0 aromatic heterocycles. The maximum atomic E-state index is 13.3. The normalized spacial score (nSPS) is 17.8. The van der Waals surface area contributed by atoms with Gasteiger partial charge in [0.05, 0.1) is 5.56 Å². The fraction of sp³-hybridized carbons (Fsp3) is 0.538. The summed E-state index contributed by atoms with van der Waals surface area (Å²) in [4.78, 5) is 0.392. The maximum absolute atomic E-state index is 13.3. The van der Waals surface area contributed by atoms with Gasteiger partial charge in [-0.3, -0.25) is 0 Å². The van der Waals surface area contributed by atoms with Crippen molar-refractivity contribution >= 4 is 15.9 Å². The van der Waals surface area contributed by atoms with E-state index in [9.17, 15) is 17.6 Å². The molecule has 18 heavy (non-hydrogen) atoms. The van der Waals surface area contributed by atoms with Crippen LogP contribution < -0.4 is 0 Å². The van der Waals surface area contributed by atoms with Gasteiger partial charge in [-0.2, -0.15) is 13.2 Å². The second kappa shape index (κ2) is 5.19. The average Bonchev–Trinajstić information content (AvgIpc) is 3.07. The minimum absolute atomic E-state index is 0.392. The summed E-state index contributed by atoms with van der Waals surface area (Å²) < 4.78 is 50.4. The molecule has 1 fully saturated rings. The fourth-order valence-corrected chi connectivity index (χ4v) is 2.70. The van der Waals surface area contributed by atoms with Crippen molar-refractivity contribution < 1.29 is 17.6 Å². The molecular weight excluding hydrogens is 312 g/mol. The zero-order valence-electron chi connectivity index (χ0n) is 9.61. The Morgan fingerprint density at radius 3 is 2.44 bits per heavy atom. The Bertz CT molecular complexity index is 423. The van der Waals surface area contributed by atoms with E-state index in [1.807, 2.05) is 0 Å². The number of alkyl halides is 4. The van der Waals surface area contributed by atoms with Crippen LogP contribution in [-0.4, -0.2) is 4.83 Å². The molecule has 0 heterocycles. The van der Waals surface area contributed by atoms with E-state index in [1.165, 1.54) is 18.9 Å². The van der Waals surface area contributed by atoms with Crippen LogP contribution in [-0.2, 0) is 12.6 Å². The standard InChI is InChI=1S/C13H13BrF4/c14-11(9-3-4-9)6-2-8-1-5-10(12(15)7-8)13(16,17)18/h1,5,7,9,11H,2-4,6H2. The Balaban J connectivity index is 2.00. The summed E-state index contributed by atoms with van der Waals surface area (Å²) >= 11 is 3.55. The minimum atomic E-state index is -4.62. The van der Waals surface area contributed by atoms with E-state index in [1.54, 1.807) is 0 Å². The zero-order valence-corrected chi connectivity index (χ0v) is 11.2. The summed E-state index contributed by atoms with van der Waals surface area (Å²) in [5.74, 6) is -0.498. The molecule has 2 rings (SSSR count). The van der Waals surface area contributed by atoms with E-state index in [-0.39, 0.29) is 0 Å². The number of rotatable bonds is 4. The average molecular weight is 325 g/mol. The van der Waals surface area contributed by atoms with E-state index in [0.29, 0.717) is 22.7 Å². The molecule has 1 saturated carbocycles. The Labute approximate surface area is 112 Å². The number of halogens is 5. The Hall–Kier alpha value is -0.580. The van der Waals surface area contributed by atoms with Crippen LogP contribution in [0, 0.1) is 11.7 Å². The highest BCUT2D eigenvalue weighted by Gasteiger charge is 2.34. The Kier molecular flexibility index (Phi) is 3.99. The summed E-state index contributed by atoms with van der Waals surface area (Å²) in [7, 11) is 0. The largest absolute Gasteiger partial charge is 0.419 e. The van der Waals surface area contributed by atoms with Gasteiger partial charge in [0, 0.05) is 4.83 Å². The molecule has 100 valence electrons. The van der Waals surface area contributed by atoms with Gasteiger partial charge in [-0.1, -0.05) is 22.0 Å². The smallest absolute Gasteiger partial charge is 0.206 e. The molecule has 0 spiro atoms. The van der Waals surface area contributed by atoms with Crippen molar-refractivity contribution in [2.24, 2.45) is 5.92 Å². The third kappa shape index (κ3) is 3.46. The van der Waals surface area contributed by atoms with E-state index in [4.69, 9.17) is 0 Å². The van der Waals surface area contributed by atoms with Gasteiger partial charge in [-0.25, -0.2) is 4.39 Å². The van der Waals surface area contributed by atoms with Gasteiger partial charge in [-0.15, -0.1) is 0 Å². The number of hydrogen-bond acceptors (Lipinski definition) is 0. The van der Waals surface area contributed by atoms with Crippen LogP contribution in [0.2, 0.25) is 0 Å². The van der Waals surface area contributed by atoms with Gasteiger partial charge in [0.2, 0.25) is 0 Å².